The molecule has 1 unspecified atom stereocenters. The van der Waals surface area contributed by atoms with Crippen LogP contribution in [0.4, 0.5) is 0 Å². The summed E-state index contributed by atoms with van der Waals surface area (Å²) >= 11 is 0. The fraction of sp³-hybridized carbons (Fsp3) is 0.475. The van der Waals surface area contributed by atoms with Gasteiger partial charge in [0.2, 0.25) is 0 Å². The lowest BCUT2D eigenvalue weighted by Gasteiger charge is -2.30. The maximum absolute atomic E-state index is 13.0. The van der Waals surface area contributed by atoms with Gasteiger partial charge in [0.25, 0.3) is 0 Å². The summed E-state index contributed by atoms with van der Waals surface area (Å²) in [4.78, 5) is 13.0. The zero-order chi connectivity index (χ0) is 29.0. The molecule has 218 valence electrons. The predicted molar refractivity (Wildman–Crippen MR) is 176 cm³/mol. The first-order valence-corrected chi connectivity index (χ1v) is 16.3. The van der Waals surface area contributed by atoms with Gasteiger partial charge in [-0.25, -0.2) is 0 Å². The predicted octanol–water partition coefficient (Wildman–Crippen LogP) is 11.1. The SMILES string of the molecule is Cc1cc(-c2ccc(CCCC(=O)C(C)C3CCC(/C=C/CCCCc4ccccc4)CC3)cc2)cc(C(C)C)c1. The summed E-state index contributed by atoms with van der Waals surface area (Å²) < 4.78 is 0. The van der Waals surface area contributed by atoms with Crippen LogP contribution in [0.2, 0.25) is 0 Å². The number of carbonyl (C=O) groups is 1. The summed E-state index contributed by atoms with van der Waals surface area (Å²) in [6.07, 6.45) is 17.3. The molecule has 0 aromatic heterocycles. The summed E-state index contributed by atoms with van der Waals surface area (Å²) in [5.41, 5.74) is 8.07. The van der Waals surface area contributed by atoms with Gasteiger partial charge in [0, 0.05) is 12.3 Å². The third-order valence-corrected chi connectivity index (χ3v) is 9.31. The monoisotopic (exact) mass is 548 g/mol. The van der Waals surface area contributed by atoms with Crippen LogP contribution in [0.3, 0.4) is 0 Å². The Kier molecular flexibility index (Phi) is 12.0. The Balaban J connectivity index is 1.13. The number of rotatable bonds is 14. The minimum absolute atomic E-state index is 0.205. The number of Topliss-reactive ketones (excluding diaryl/α,β-unsaturated/α-hetero) is 1. The van der Waals surface area contributed by atoms with Gasteiger partial charge in [0.05, 0.1) is 0 Å². The van der Waals surface area contributed by atoms with Crippen LogP contribution in [0.1, 0.15) is 107 Å². The number of aryl methyl sites for hydroxylation is 3. The van der Waals surface area contributed by atoms with Gasteiger partial charge in [-0.2, -0.15) is 0 Å². The molecule has 0 radical (unpaired) electrons. The van der Waals surface area contributed by atoms with E-state index in [0.29, 0.717) is 30.0 Å². The summed E-state index contributed by atoms with van der Waals surface area (Å²) in [5.74, 6) is 2.49. The van der Waals surface area contributed by atoms with Gasteiger partial charge < -0.3 is 0 Å². The minimum Gasteiger partial charge on any atom is -0.299 e. The maximum Gasteiger partial charge on any atom is 0.135 e. The van der Waals surface area contributed by atoms with Gasteiger partial charge in [-0.05, 0) is 117 Å². The highest BCUT2D eigenvalue weighted by Crippen LogP contribution is 2.35. The van der Waals surface area contributed by atoms with Gasteiger partial charge in [-0.1, -0.05) is 111 Å². The van der Waals surface area contributed by atoms with Crippen molar-refractivity contribution in [2.24, 2.45) is 17.8 Å². The van der Waals surface area contributed by atoms with E-state index in [9.17, 15) is 4.79 Å². The molecule has 0 spiro atoms. The minimum atomic E-state index is 0.205. The molecule has 1 heteroatoms. The zero-order valence-corrected chi connectivity index (χ0v) is 26.1. The smallest absolute Gasteiger partial charge is 0.135 e. The molecular formula is C40H52O. The summed E-state index contributed by atoms with van der Waals surface area (Å²) in [5, 5.41) is 0. The van der Waals surface area contributed by atoms with E-state index in [1.54, 1.807) is 0 Å². The van der Waals surface area contributed by atoms with E-state index in [1.807, 2.05) is 0 Å². The number of benzene rings is 3. The van der Waals surface area contributed by atoms with Gasteiger partial charge in [0.15, 0.2) is 0 Å². The van der Waals surface area contributed by atoms with Crippen LogP contribution in [0.5, 0.6) is 0 Å². The van der Waals surface area contributed by atoms with Crippen LogP contribution in [-0.4, -0.2) is 5.78 Å². The van der Waals surface area contributed by atoms with Crippen molar-refractivity contribution in [3.05, 3.63) is 107 Å². The van der Waals surface area contributed by atoms with Crippen LogP contribution in [-0.2, 0) is 17.6 Å². The molecule has 0 amide bonds. The number of hydrogen-bond donors (Lipinski definition) is 0. The van der Waals surface area contributed by atoms with Crippen molar-refractivity contribution >= 4 is 5.78 Å². The van der Waals surface area contributed by atoms with E-state index in [4.69, 9.17) is 0 Å². The highest BCUT2D eigenvalue weighted by molar-refractivity contribution is 5.81. The van der Waals surface area contributed by atoms with Crippen LogP contribution in [0, 0.1) is 24.7 Å². The molecule has 1 nitrogen and oxygen atoms in total. The number of hydrogen-bond acceptors (Lipinski definition) is 1. The summed E-state index contributed by atoms with van der Waals surface area (Å²) in [6.45, 7) is 8.88. The fourth-order valence-electron chi connectivity index (χ4n) is 6.50. The van der Waals surface area contributed by atoms with E-state index < -0.39 is 0 Å². The van der Waals surface area contributed by atoms with E-state index in [-0.39, 0.29) is 5.92 Å². The first-order chi connectivity index (χ1) is 19.9. The van der Waals surface area contributed by atoms with Gasteiger partial charge in [0.1, 0.15) is 5.78 Å². The van der Waals surface area contributed by atoms with Crippen LogP contribution in [0.25, 0.3) is 11.1 Å². The Morgan fingerprint density at radius 2 is 1.46 bits per heavy atom. The van der Waals surface area contributed by atoms with Crippen molar-refractivity contribution in [1.82, 2.24) is 0 Å². The number of allylic oxidation sites excluding steroid dienone is 2. The Hall–Kier alpha value is -2.93. The lowest BCUT2D eigenvalue weighted by Crippen LogP contribution is -2.25. The van der Waals surface area contributed by atoms with Gasteiger partial charge in [-0.15, -0.1) is 0 Å². The Bertz CT molecular complexity index is 1230. The van der Waals surface area contributed by atoms with Crippen molar-refractivity contribution in [3.8, 4) is 11.1 Å². The van der Waals surface area contributed by atoms with Crippen molar-refractivity contribution in [1.29, 1.82) is 0 Å². The number of unbranched alkanes of at least 4 members (excludes halogenated alkanes) is 2. The molecule has 4 rings (SSSR count). The molecule has 0 aliphatic heterocycles. The Labute approximate surface area is 250 Å². The number of carbonyl (C=O) groups excluding carboxylic acids is 1. The first kappa shape index (κ1) is 31.0. The molecule has 41 heavy (non-hydrogen) atoms. The summed E-state index contributed by atoms with van der Waals surface area (Å²) in [7, 11) is 0. The van der Waals surface area contributed by atoms with E-state index in [1.165, 1.54) is 84.7 Å². The highest BCUT2D eigenvalue weighted by atomic mass is 16.1. The molecule has 1 saturated carbocycles. The van der Waals surface area contributed by atoms with E-state index >= 15 is 0 Å². The molecule has 0 saturated heterocycles. The standard InChI is InChI=1S/C40H52O/c1-30(2)38-27-31(3)28-39(29-38)37-25-21-35(22-26-37)17-12-18-40(41)32(4)36-23-19-34(20-24-36)16-9-6-5-8-13-33-14-10-7-11-15-33/h7,9-11,14-16,21-22,25-30,32,34,36H,5-6,8,12-13,17-20,23-24H2,1-4H3/b16-9+. The average Bonchev–Trinajstić information content (AvgIpc) is 2.99. The van der Waals surface area contributed by atoms with Gasteiger partial charge >= 0.3 is 0 Å². The second-order valence-electron chi connectivity index (χ2n) is 12.9. The fourth-order valence-corrected chi connectivity index (χ4v) is 6.50. The van der Waals surface area contributed by atoms with Crippen molar-refractivity contribution in [2.45, 2.75) is 104 Å². The molecule has 0 N–H and O–H groups in total. The maximum atomic E-state index is 13.0. The molecule has 1 atom stereocenters. The molecule has 0 heterocycles. The van der Waals surface area contributed by atoms with Crippen LogP contribution < -0.4 is 0 Å². The van der Waals surface area contributed by atoms with Crippen LogP contribution in [0.15, 0.2) is 84.9 Å². The van der Waals surface area contributed by atoms with Crippen LogP contribution >= 0.6 is 0 Å². The van der Waals surface area contributed by atoms with Crippen molar-refractivity contribution < 1.29 is 4.79 Å². The first-order valence-electron chi connectivity index (χ1n) is 16.3. The molecule has 0 bridgehead atoms. The molecule has 3 aromatic carbocycles. The number of ketones is 1. The molecular weight excluding hydrogens is 496 g/mol. The normalized spacial score (nSPS) is 18.2. The zero-order valence-electron chi connectivity index (χ0n) is 26.1. The molecule has 1 fully saturated rings. The largest absolute Gasteiger partial charge is 0.299 e. The third kappa shape index (κ3) is 9.84. The van der Waals surface area contributed by atoms with E-state index in [0.717, 1.165) is 12.8 Å². The quantitative estimate of drug-likeness (QED) is 0.145. The van der Waals surface area contributed by atoms with Gasteiger partial charge in [-0.3, -0.25) is 4.79 Å². The average molecular weight is 549 g/mol. The molecule has 1 aliphatic rings. The topological polar surface area (TPSA) is 17.1 Å². The lowest BCUT2D eigenvalue weighted by atomic mass is 9.74. The molecule has 1 aliphatic carbocycles. The van der Waals surface area contributed by atoms with Crippen molar-refractivity contribution in [3.63, 3.8) is 0 Å². The third-order valence-electron chi connectivity index (χ3n) is 9.31. The van der Waals surface area contributed by atoms with Crippen molar-refractivity contribution in [2.75, 3.05) is 0 Å². The molecule has 3 aromatic rings. The highest BCUT2D eigenvalue weighted by Gasteiger charge is 2.27. The second kappa shape index (κ2) is 15.9. The summed E-state index contributed by atoms with van der Waals surface area (Å²) in [6, 6.07) is 26.7. The second-order valence-corrected chi connectivity index (χ2v) is 12.9. The van der Waals surface area contributed by atoms with E-state index in [2.05, 4.69) is 113 Å². The Morgan fingerprint density at radius 1 is 0.780 bits per heavy atom. The Morgan fingerprint density at radius 3 is 2.17 bits per heavy atom. The lowest BCUT2D eigenvalue weighted by molar-refractivity contribution is -0.124.